The molecule has 0 aliphatic carbocycles. The number of guanidine groups is 1. The van der Waals surface area contributed by atoms with E-state index in [1.807, 2.05) is 0 Å². The van der Waals surface area contributed by atoms with Crippen LogP contribution in [0.15, 0.2) is 23.2 Å². The molecule has 0 aliphatic heterocycles. The number of nitrogens with zero attached hydrogens (tertiary/aromatic N) is 1. The Hall–Kier alpha value is -1.78. The highest BCUT2D eigenvalue weighted by molar-refractivity contribution is 5.77. The summed E-state index contributed by atoms with van der Waals surface area (Å²) in [7, 11) is 1.50. The van der Waals surface area contributed by atoms with Crippen molar-refractivity contribution in [3.63, 3.8) is 0 Å². The van der Waals surface area contributed by atoms with Crippen LogP contribution in [0.3, 0.4) is 0 Å². The first kappa shape index (κ1) is 14.3. The molecule has 0 saturated heterocycles. The molecule has 0 aromatic heterocycles. The maximum atomic E-state index is 13.2. The van der Waals surface area contributed by atoms with Gasteiger partial charge in [0.15, 0.2) is 5.96 Å². The molecular weight excluding hydrogens is 233 g/mol. The van der Waals surface area contributed by atoms with Crippen LogP contribution in [0.4, 0.5) is 4.39 Å². The molecule has 1 rings (SSSR count). The van der Waals surface area contributed by atoms with Crippen molar-refractivity contribution >= 4 is 5.96 Å². The molecule has 100 valence electrons. The fourth-order valence-electron chi connectivity index (χ4n) is 1.46. The van der Waals surface area contributed by atoms with Gasteiger partial charge in [-0.25, -0.2) is 9.38 Å². The number of methoxy groups -OCH3 is 1. The number of benzene rings is 1. The summed E-state index contributed by atoms with van der Waals surface area (Å²) in [5.41, 5.74) is 6.41. The van der Waals surface area contributed by atoms with Crippen molar-refractivity contribution < 1.29 is 9.13 Å². The van der Waals surface area contributed by atoms with Gasteiger partial charge in [-0.2, -0.15) is 0 Å². The Morgan fingerprint density at radius 2 is 2.22 bits per heavy atom. The molecule has 0 spiro atoms. The van der Waals surface area contributed by atoms with Gasteiger partial charge in [0.2, 0.25) is 0 Å². The summed E-state index contributed by atoms with van der Waals surface area (Å²) in [5.74, 6) is 0.529. The summed E-state index contributed by atoms with van der Waals surface area (Å²) in [4.78, 5) is 4.14. The average Bonchev–Trinajstić information content (AvgIpc) is 2.36. The highest BCUT2D eigenvalue weighted by Gasteiger charge is 2.00. The minimum atomic E-state index is -0.336. The van der Waals surface area contributed by atoms with Crippen molar-refractivity contribution in [3.05, 3.63) is 29.6 Å². The fraction of sp³-hybridized carbons (Fsp3) is 0.462. The van der Waals surface area contributed by atoms with Crippen LogP contribution in [0.2, 0.25) is 0 Å². The van der Waals surface area contributed by atoms with E-state index in [0.717, 1.165) is 24.9 Å². The standard InChI is InChI=1S/C13H20FN3O/c1-3-4-5-16-13(15)17-9-10-6-11(14)8-12(7-10)18-2/h6-8H,3-5,9H2,1-2H3,(H3,15,16,17). The maximum Gasteiger partial charge on any atom is 0.188 e. The lowest BCUT2D eigenvalue weighted by molar-refractivity contribution is 0.410. The molecule has 1 aromatic rings. The molecule has 0 unspecified atom stereocenters. The van der Waals surface area contributed by atoms with E-state index in [1.54, 1.807) is 6.07 Å². The van der Waals surface area contributed by atoms with Crippen LogP contribution in [-0.4, -0.2) is 19.6 Å². The molecule has 1 aromatic carbocycles. The summed E-state index contributed by atoms with van der Waals surface area (Å²) in [5, 5.41) is 3.00. The Morgan fingerprint density at radius 3 is 2.89 bits per heavy atom. The zero-order valence-corrected chi connectivity index (χ0v) is 10.9. The van der Waals surface area contributed by atoms with Crippen molar-refractivity contribution in [2.45, 2.75) is 26.3 Å². The van der Waals surface area contributed by atoms with E-state index in [0.29, 0.717) is 18.3 Å². The van der Waals surface area contributed by atoms with Crippen LogP contribution >= 0.6 is 0 Å². The topological polar surface area (TPSA) is 59.6 Å². The minimum Gasteiger partial charge on any atom is -0.497 e. The first-order valence-corrected chi connectivity index (χ1v) is 6.03. The summed E-state index contributed by atoms with van der Waals surface area (Å²) < 4.78 is 18.2. The first-order chi connectivity index (χ1) is 8.65. The van der Waals surface area contributed by atoms with Crippen molar-refractivity contribution in [2.24, 2.45) is 10.7 Å². The zero-order valence-electron chi connectivity index (χ0n) is 10.9. The number of nitrogens with two attached hydrogens (primary N) is 1. The quantitative estimate of drug-likeness (QED) is 0.463. The summed E-state index contributed by atoms with van der Waals surface area (Å²) in [6.45, 7) is 3.24. The number of rotatable bonds is 6. The number of hydrogen-bond donors (Lipinski definition) is 2. The normalized spacial score (nSPS) is 11.4. The Balaban J connectivity index is 2.56. The van der Waals surface area contributed by atoms with E-state index >= 15 is 0 Å². The molecule has 0 atom stereocenters. The van der Waals surface area contributed by atoms with Crippen molar-refractivity contribution in [3.8, 4) is 5.75 Å². The number of nitrogens with one attached hydrogen (secondary N) is 1. The van der Waals surface area contributed by atoms with Crippen LogP contribution in [0.1, 0.15) is 25.3 Å². The molecule has 18 heavy (non-hydrogen) atoms. The molecule has 0 saturated carbocycles. The minimum absolute atomic E-state index is 0.332. The SMILES string of the molecule is CCCCNC(N)=NCc1cc(F)cc(OC)c1. The van der Waals surface area contributed by atoms with E-state index in [-0.39, 0.29) is 5.82 Å². The molecule has 5 heteroatoms. The van der Waals surface area contributed by atoms with E-state index in [2.05, 4.69) is 17.2 Å². The summed E-state index contributed by atoms with van der Waals surface area (Å²) in [6.07, 6.45) is 2.14. The monoisotopic (exact) mass is 253 g/mol. The third kappa shape index (κ3) is 5.03. The van der Waals surface area contributed by atoms with Crippen LogP contribution in [-0.2, 0) is 6.54 Å². The first-order valence-electron chi connectivity index (χ1n) is 6.03. The second-order valence-electron chi connectivity index (χ2n) is 3.98. The second-order valence-corrected chi connectivity index (χ2v) is 3.98. The lowest BCUT2D eigenvalue weighted by Crippen LogP contribution is -2.32. The highest BCUT2D eigenvalue weighted by atomic mass is 19.1. The number of unbranched alkanes of at least 4 members (excludes halogenated alkanes) is 1. The van der Waals surface area contributed by atoms with Gasteiger partial charge in [-0.1, -0.05) is 13.3 Å². The molecule has 4 nitrogen and oxygen atoms in total. The van der Waals surface area contributed by atoms with Gasteiger partial charge in [0.1, 0.15) is 11.6 Å². The van der Waals surface area contributed by atoms with Crippen molar-refractivity contribution in [2.75, 3.05) is 13.7 Å². The maximum absolute atomic E-state index is 13.2. The third-order valence-electron chi connectivity index (χ3n) is 2.44. The predicted molar refractivity (Wildman–Crippen MR) is 71.2 cm³/mol. The van der Waals surface area contributed by atoms with E-state index in [1.165, 1.54) is 19.2 Å². The Bertz CT molecular complexity index is 407. The summed E-state index contributed by atoms with van der Waals surface area (Å²) >= 11 is 0. The van der Waals surface area contributed by atoms with Crippen LogP contribution in [0.5, 0.6) is 5.75 Å². The molecule has 0 aliphatic rings. The van der Waals surface area contributed by atoms with Gasteiger partial charge in [0, 0.05) is 12.6 Å². The van der Waals surface area contributed by atoms with E-state index < -0.39 is 0 Å². The lowest BCUT2D eigenvalue weighted by Gasteiger charge is -2.06. The second kappa shape index (κ2) is 7.53. The van der Waals surface area contributed by atoms with Crippen molar-refractivity contribution in [1.29, 1.82) is 0 Å². The lowest BCUT2D eigenvalue weighted by atomic mass is 10.2. The molecule has 0 radical (unpaired) electrons. The van der Waals surface area contributed by atoms with Gasteiger partial charge in [-0.05, 0) is 24.1 Å². The van der Waals surface area contributed by atoms with Crippen LogP contribution in [0, 0.1) is 5.82 Å². The van der Waals surface area contributed by atoms with Gasteiger partial charge in [-0.3, -0.25) is 0 Å². The van der Waals surface area contributed by atoms with Gasteiger partial charge >= 0.3 is 0 Å². The van der Waals surface area contributed by atoms with Gasteiger partial charge in [-0.15, -0.1) is 0 Å². The van der Waals surface area contributed by atoms with Gasteiger partial charge < -0.3 is 15.8 Å². The zero-order chi connectivity index (χ0) is 13.4. The van der Waals surface area contributed by atoms with E-state index in [9.17, 15) is 4.39 Å². The van der Waals surface area contributed by atoms with E-state index in [4.69, 9.17) is 10.5 Å². The molecular formula is C13H20FN3O. The Morgan fingerprint density at radius 1 is 1.44 bits per heavy atom. The number of ether oxygens (including phenoxy) is 1. The fourth-order valence-corrected chi connectivity index (χ4v) is 1.46. The van der Waals surface area contributed by atoms with Crippen LogP contribution in [0.25, 0.3) is 0 Å². The number of hydrogen-bond acceptors (Lipinski definition) is 2. The van der Waals surface area contributed by atoms with Crippen LogP contribution < -0.4 is 15.8 Å². The number of aliphatic imine (C=N–C) groups is 1. The average molecular weight is 253 g/mol. The molecule has 3 N–H and O–H groups in total. The largest absolute Gasteiger partial charge is 0.497 e. The highest BCUT2D eigenvalue weighted by Crippen LogP contribution is 2.16. The van der Waals surface area contributed by atoms with Crippen molar-refractivity contribution in [1.82, 2.24) is 5.32 Å². The van der Waals surface area contributed by atoms with Gasteiger partial charge in [0.05, 0.1) is 13.7 Å². The third-order valence-corrected chi connectivity index (χ3v) is 2.44. The predicted octanol–water partition coefficient (Wildman–Crippen LogP) is 2.04. The molecule has 0 fully saturated rings. The smallest absolute Gasteiger partial charge is 0.188 e. The summed E-state index contributed by atoms with van der Waals surface area (Å²) in [6, 6.07) is 4.49. The van der Waals surface area contributed by atoms with Gasteiger partial charge in [0.25, 0.3) is 0 Å². The molecule has 0 heterocycles. The molecule has 0 amide bonds. The molecule has 0 bridgehead atoms. The Kier molecular flexibility index (Phi) is 5.97. The number of halogens is 1. The Labute approximate surface area is 107 Å².